The highest BCUT2D eigenvalue weighted by Crippen LogP contribution is 2.38. The summed E-state index contributed by atoms with van der Waals surface area (Å²) in [4.78, 5) is 15.3. The third-order valence-electron chi connectivity index (χ3n) is 6.34. The van der Waals surface area contributed by atoms with Crippen molar-refractivity contribution in [2.45, 2.75) is 45.8 Å². The fourth-order valence-corrected chi connectivity index (χ4v) is 4.47. The predicted molar refractivity (Wildman–Crippen MR) is 122 cm³/mol. The number of ether oxygens (including phenoxy) is 3. The van der Waals surface area contributed by atoms with Gasteiger partial charge in [0.2, 0.25) is 0 Å². The summed E-state index contributed by atoms with van der Waals surface area (Å²) < 4.78 is 22.7. The Balaban J connectivity index is 1.28. The van der Waals surface area contributed by atoms with E-state index in [1.54, 1.807) is 0 Å². The minimum absolute atomic E-state index is 0.0295. The second-order valence-electron chi connectivity index (χ2n) is 8.53. The lowest BCUT2D eigenvalue weighted by atomic mass is 10.0. The van der Waals surface area contributed by atoms with Gasteiger partial charge in [0.25, 0.3) is 5.91 Å². The summed E-state index contributed by atoms with van der Waals surface area (Å²) >= 11 is 0. The van der Waals surface area contributed by atoms with Crippen molar-refractivity contribution in [3.63, 3.8) is 0 Å². The van der Waals surface area contributed by atoms with Crippen molar-refractivity contribution in [1.82, 2.24) is 10.1 Å². The van der Waals surface area contributed by atoms with Crippen LogP contribution in [0.4, 0.5) is 0 Å². The van der Waals surface area contributed by atoms with Crippen molar-refractivity contribution in [3.8, 4) is 17.2 Å². The first-order valence-electron chi connectivity index (χ1n) is 11.5. The van der Waals surface area contributed by atoms with E-state index in [4.69, 9.17) is 18.7 Å². The largest absolute Gasteiger partial charge is 0.490 e. The third kappa shape index (κ3) is 4.40. The van der Waals surface area contributed by atoms with Gasteiger partial charge >= 0.3 is 0 Å². The van der Waals surface area contributed by atoms with Crippen molar-refractivity contribution in [3.05, 3.63) is 70.6 Å². The van der Waals surface area contributed by atoms with Crippen LogP contribution >= 0.6 is 0 Å². The van der Waals surface area contributed by atoms with Gasteiger partial charge in [0.15, 0.2) is 11.5 Å². The Morgan fingerprint density at radius 2 is 1.85 bits per heavy atom. The third-order valence-corrected chi connectivity index (χ3v) is 6.34. The number of carbonyl (C=O) groups excluding carboxylic acids is 1. The van der Waals surface area contributed by atoms with Gasteiger partial charge in [-0.2, -0.15) is 0 Å². The van der Waals surface area contributed by atoms with Crippen LogP contribution in [0, 0.1) is 13.8 Å². The van der Waals surface area contributed by atoms with Gasteiger partial charge in [-0.05, 0) is 68.7 Å². The number of rotatable bonds is 5. The summed E-state index contributed by atoms with van der Waals surface area (Å²) in [6.45, 7) is 6.20. The zero-order valence-electron chi connectivity index (χ0n) is 19.0. The molecule has 2 aliphatic rings. The molecule has 7 heteroatoms. The Morgan fingerprint density at radius 3 is 2.61 bits per heavy atom. The molecule has 2 aliphatic heterocycles. The molecule has 1 amide bonds. The van der Waals surface area contributed by atoms with Crippen molar-refractivity contribution in [2.75, 3.05) is 19.8 Å². The summed E-state index contributed by atoms with van der Waals surface area (Å²) in [5.41, 5.74) is 3.52. The molecule has 1 unspecified atom stereocenters. The average molecular weight is 449 g/mol. The smallest absolute Gasteiger partial charge is 0.254 e. The van der Waals surface area contributed by atoms with E-state index >= 15 is 0 Å². The highest BCUT2D eigenvalue weighted by Gasteiger charge is 2.31. The van der Waals surface area contributed by atoms with Gasteiger partial charge in [-0.15, -0.1) is 0 Å². The number of aryl methyl sites for hydroxylation is 2. The quantitative estimate of drug-likeness (QED) is 0.546. The average Bonchev–Trinajstić information content (AvgIpc) is 3.36. The van der Waals surface area contributed by atoms with Crippen LogP contribution in [0.5, 0.6) is 17.2 Å². The van der Waals surface area contributed by atoms with Gasteiger partial charge in [0.05, 0.1) is 30.5 Å². The molecule has 33 heavy (non-hydrogen) atoms. The molecule has 0 aliphatic carbocycles. The van der Waals surface area contributed by atoms with Crippen LogP contribution in [0.1, 0.15) is 58.2 Å². The highest BCUT2D eigenvalue weighted by molar-refractivity contribution is 5.94. The Hall–Kier alpha value is -3.48. The fraction of sp³-hybridized carbons (Fsp3) is 0.385. The first-order valence-corrected chi connectivity index (χ1v) is 11.5. The summed E-state index contributed by atoms with van der Waals surface area (Å²) in [5.74, 6) is 3.03. The molecule has 0 bridgehead atoms. The molecule has 3 aromatic rings. The van der Waals surface area contributed by atoms with E-state index in [2.05, 4.69) is 11.2 Å². The predicted octanol–water partition coefficient (Wildman–Crippen LogP) is 5.01. The van der Waals surface area contributed by atoms with Crippen LogP contribution in [0.3, 0.4) is 0 Å². The Kier molecular flexibility index (Phi) is 5.94. The number of hydrogen-bond acceptors (Lipinski definition) is 6. The normalized spacial score (nSPS) is 17.6. The summed E-state index contributed by atoms with van der Waals surface area (Å²) in [7, 11) is 0. The first kappa shape index (κ1) is 21.4. The molecule has 3 heterocycles. The molecule has 5 rings (SSSR count). The SMILES string of the molecule is Cc1noc(C)c1COc1ccc(C(=O)N2CCCC2c2ccc3c(c2)OCCCO3)cc1. The number of amides is 1. The first-order chi connectivity index (χ1) is 16.1. The number of benzene rings is 2. The maximum absolute atomic E-state index is 13.3. The van der Waals surface area contributed by atoms with Gasteiger partial charge in [-0.3, -0.25) is 4.79 Å². The zero-order valence-corrected chi connectivity index (χ0v) is 19.0. The Labute approximate surface area is 193 Å². The monoisotopic (exact) mass is 448 g/mol. The second-order valence-corrected chi connectivity index (χ2v) is 8.53. The van der Waals surface area contributed by atoms with E-state index in [0.29, 0.717) is 31.1 Å². The van der Waals surface area contributed by atoms with E-state index in [0.717, 1.165) is 59.9 Å². The second kappa shape index (κ2) is 9.17. The van der Waals surface area contributed by atoms with Crippen LogP contribution in [0.25, 0.3) is 0 Å². The van der Waals surface area contributed by atoms with Crippen molar-refractivity contribution in [2.24, 2.45) is 0 Å². The lowest BCUT2D eigenvalue weighted by Crippen LogP contribution is -2.30. The van der Waals surface area contributed by atoms with Crippen LogP contribution in [-0.4, -0.2) is 35.7 Å². The molecule has 0 saturated carbocycles. The lowest BCUT2D eigenvalue weighted by Gasteiger charge is -2.26. The van der Waals surface area contributed by atoms with Crippen LogP contribution in [0.15, 0.2) is 47.0 Å². The molecule has 1 aromatic heterocycles. The number of nitrogens with zero attached hydrogens (tertiary/aromatic N) is 2. The van der Waals surface area contributed by atoms with Crippen molar-refractivity contribution in [1.29, 1.82) is 0 Å². The zero-order chi connectivity index (χ0) is 22.8. The molecule has 1 saturated heterocycles. The lowest BCUT2D eigenvalue weighted by molar-refractivity contribution is 0.0735. The van der Waals surface area contributed by atoms with Crippen LogP contribution < -0.4 is 14.2 Å². The van der Waals surface area contributed by atoms with E-state index in [1.165, 1.54) is 0 Å². The minimum atomic E-state index is 0.0295. The summed E-state index contributed by atoms with van der Waals surface area (Å²) in [6, 6.07) is 13.4. The van der Waals surface area contributed by atoms with Gasteiger partial charge in [0, 0.05) is 18.5 Å². The maximum Gasteiger partial charge on any atom is 0.254 e. The topological polar surface area (TPSA) is 74.0 Å². The molecule has 0 spiro atoms. The van der Waals surface area contributed by atoms with Crippen molar-refractivity contribution >= 4 is 5.91 Å². The molecule has 2 aromatic carbocycles. The molecular formula is C26H28N2O5. The van der Waals surface area contributed by atoms with Gasteiger partial charge < -0.3 is 23.6 Å². The summed E-state index contributed by atoms with van der Waals surface area (Å²) in [6.07, 6.45) is 2.78. The Bertz CT molecular complexity index is 1120. The van der Waals surface area contributed by atoms with Crippen LogP contribution in [-0.2, 0) is 6.61 Å². The van der Waals surface area contributed by atoms with Gasteiger partial charge in [-0.25, -0.2) is 0 Å². The number of aromatic nitrogens is 1. The molecule has 7 nitrogen and oxygen atoms in total. The van der Waals surface area contributed by atoms with E-state index < -0.39 is 0 Å². The standard InChI is InChI=1S/C26H28N2O5/c1-17-22(18(2)33-27-17)16-32-21-9-6-19(7-10-21)26(29)28-12-3-5-23(28)20-8-11-24-25(15-20)31-14-4-13-30-24/h6-11,15,23H,3-5,12-14,16H2,1-2H3. The van der Waals surface area contributed by atoms with Crippen molar-refractivity contribution < 1.29 is 23.5 Å². The number of hydrogen-bond donors (Lipinski definition) is 0. The number of fused-ring (bicyclic) bond motifs is 1. The molecule has 172 valence electrons. The van der Waals surface area contributed by atoms with E-state index in [1.807, 2.05) is 55.1 Å². The molecular weight excluding hydrogens is 420 g/mol. The highest BCUT2D eigenvalue weighted by atomic mass is 16.5. The number of likely N-dealkylation sites (tertiary alicyclic amines) is 1. The molecule has 1 atom stereocenters. The van der Waals surface area contributed by atoms with Gasteiger partial charge in [-0.1, -0.05) is 11.2 Å². The molecule has 0 radical (unpaired) electrons. The Morgan fingerprint density at radius 1 is 1.06 bits per heavy atom. The van der Waals surface area contributed by atoms with Crippen LogP contribution in [0.2, 0.25) is 0 Å². The minimum Gasteiger partial charge on any atom is -0.490 e. The van der Waals surface area contributed by atoms with E-state index in [9.17, 15) is 4.79 Å². The number of carbonyl (C=O) groups is 1. The van der Waals surface area contributed by atoms with E-state index in [-0.39, 0.29) is 11.9 Å². The summed E-state index contributed by atoms with van der Waals surface area (Å²) in [5, 5.41) is 3.95. The fourth-order valence-electron chi connectivity index (χ4n) is 4.47. The molecule has 0 N–H and O–H groups in total. The van der Waals surface area contributed by atoms with Gasteiger partial charge in [0.1, 0.15) is 18.1 Å². The maximum atomic E-state index is 13.3. The molecule has 1 fully saturated rings.